The first-order valence-corrected chi connectivity index (χ1v) is 9.38. The fourth-order valence-corrected chi connectivity index (χ4v) is 2.73. The molecule has 6 nitrogen and oxygen atoms in total. The molecule has 0 saturated carbocycles. The molecule has 30 heavy (non-hydrogen) atoms. The third-order valence-electron chi connectivity index (χ3n) is 4.26. The van der Waals surface area contributed by atoms with Crippen LogP contribution in [-0.4, -0.2) is 23.9 Å². The third-order valence-corrected chi connectivity index (χ3v) is 4.26. The van der Waals surface area contributed by atoms with E-state index in [1.54, 1.807) is 60.7 Å². The molecule has 0 spiro atoms. The van der Waals surface area contributed by atoms with E-state index in [2.05, 4.69) is 5.32 Å². The standard InChI is InChI=1S/C24H21NO5/c1-16(23(27)25-21-6-4-3-5-7-21)29-24(28)20-10-8-18(9-11-20)19-12-14-22(15-13-19)30-17(2)26/h3-16H,1-2H3,(H,25,27)/t16-/m0/s1. The molecule has 0 aliphatic carbocycles. The molecule has 0 heterocycles. The van der Waals surface area contributed by atoms with Crippen molar-refractivity contribution in [2.45, 2.75) is 20.0 Å². The Morgan fingerprint density at radius 2 is 1.37 bits per heavy atom. The highest BCUT2D eigenvalue weighted by Gasteiger charge is 2.19. The summed E-state index contributed by atoms with van der Waals surface area (Å²) in [5.41, 5.74) is 2.77. The van der Waals surface area contributed by atoms with Crippen molar-refractivity contribution in [3.63, 3.8) is 0 Å². The number of hydrogen-bond acceptors (Lipinski definition) is 5. The summed E-state index contributed by atoms with van der Waals surface area (Å²) >= 11 is 0. The number of ether oxygens (including phenoxy) is 2. The van der Waals surface area contributed by atoms with Crippen LogP contribution in [0.1, 0.15) is 24.2 Å². The maximum atomic E-state index is 12.4. The van der Waals surface area contributed by atoms with Crippen molar-refractivity contribution in [1.82, 2.24) is 0 Å². The normalized spacial score (nSPS) is 11.3. The Kier molecular flexibility index (Phi) is 6.60. The maximum absolute atomic E-state index is 12.4. The number of carbonyl (C=O) groups is 3. The highest BCUT2D eigenvalue weighted by Crippen LogP contribution is 2.23. The summed E-state index contributed by atoms with van der Waals surface area (Å²) in [6.45, 7) is 2.87. The van der Waals surface area contributed by atoms with Crippen LogP contribution in [-0.2, 0) is 14.3 Å². The second-order valence-corrected chi connectivity index (χ2v) is 6.60. The number of para-hydroxylation sites is 1. The zero-order valence-corrected chi connectivity index (χ0v) is 16.6. The van der Waals surface area contributed by atoms with Crippen LogP contribution < -0.4 is 10.1 Å². The van der Waals surface area contributed by atoms with E-state index in [-0.39, 0.29) is 5.97 Å². The number of nitrogens with one attached hydrogen (secondary N) is 1. The summed E-state index contributed by atoms with van der Waals surface area (Å²) in [6.07, 6.45) is -0.939. The number of hydrogen-bond donors (Lipinski definition) is 1. The number of amides is 1. The van der Waals surface area contributed by atoms with E-state index in [9.17, 15) is 14.4 Å². The van der Waals surface area contributed by atoms with Gasteiger partial charge in [-0.1, -0.05) is 42.5 Å². The molecular weight excluding hydrogens is 382 g/mol. The van der Waals surface area contributed by atoms with Gasteiger partial charge in [0.05, 0.1) is 5.56 Å². The Morgan fingerprint density at radius 3 is 1.93 bits per heavy atom. The number of carbonyl (C=O) groups excluding carboxylic acids is 3. The Labute approximate surface area is 174 Å². The Balaban J connectivity index is 1.60. The molecule has 0 aromatic heterocycles. The van der Waals surface area contributed by atoms with E-state index >= 15 is 0 Å². The Bertz CT molecular complexity index is 1030. The van der Waals surface area contributed by atoms with Gasteiger partial charge < -0.3 is 14.8 Å². The van der Waals surface area contributed by atoms with E-state index in [4.69, 9.17) is 9.47 Å². The average molecular weight is 403 g/mol. The van der Waals surface area contributed by atoms with E-state index < -0.39 is 18.0 Å². The van der Waals surface area contributed by atoms with Crippen molar-refractivity contribution >= 4 is 23.5 Å². The molecule has 152 valence electrons. The van der Waals surface area contributed by atoms with E-state index in [0.717, 1.165) is 11.1 Å². The van der Waals surface area contributed by atoms with Crippen LogP contribution >= 0.6 is 0 Å². The van der Waals surface area contributed by atoms with Crippen LogP contribution in [0.25, 0.3) is 11.1 Å². The first kappa shape index (κ1) is 20.8. The lowest BCUT2D eigenvalue weighted by atomic mass is 10.0. The average Bonchev–Trinajstić information content (AvgIpc) is 2.74. The van der Waals surface area contributed by atoms with E-state index in [0.29, 0.717) is 17.0 Å². The molecule has 0 saturated heterocycles. The smallest absolute Gasteiger partial charge is 0.338 e. The highest BCUT2D eigenvalue weighted by molar-refractivity contribution is 5.97. The molecule has 1 amide bonds. The Hall–Kier alpha value is -3.93. The van der Waals surface area contributed by atoms with Gasteiger partial charge in [0.2, 0.25) is 0 Å². The molecular formula is C24H21NO5. The van der Waals surface area contributed by atoms with Gasteiger partial charge in [-0.05, 0) is 54.4 Å². The molecule has 1 atom stereocenters. The fourth-order valence-electron chi connectivity index (χ4n) is 2.73. The number of benzene rings is 3. The first-order valence-electron chi connectivity index (χ1n) is 9.38. The lowest BCUT2D eigenvalue weighted by Gasteiger charge is -2.13. The largest absolute Gasteiger partial charge is 0.449 e. The number of esters is 2. The summed E-state index contributed by atoms with van der Waals surface area (Å²) in [6, 6.07) is 22.8. The minimum atomic E-state index is -0.939. The quantitative estimate of drug-likeness (QED) is 0.485. The topological polar surface area (TPSA) is 81.7 Å². The predicted molar refractivity (Wildman–Crippen MR) is 113 cm³/mol. The molecule has 3 aromatic carbocycles. The van der Waals surface area contributed by atoms with E-state index in [1.807, 2.05) is 18.2 Å². The van der Waals surface area contributed by atoms with Crippen LogP contribution in [0.4, 0.5) is 5.69 Å². The zero-order valence-electron chi connectivity index (χ0n) is 16.6. The molecule has 0 aliphatic heterocycles. The predicted octanol–water partition coefficient (Wildman–Crippen LogP) is 4.46. The van der Waals surface area contributed by atoms with Crippen molar-refractivity contribution in [3.05, 3.63) is 84.4 Å². The van der Waals surface area contributed by atoms with Gasteiger partial charge in [-0.15, -0.1) is 0 Å². The van der Waals surface area contributed by atoms with Crippen LogP contribution in [0.2, 0.25) is 0 Å². The summed E-state index contributed by atoms with van der Waals surface area (Å²) < 4.78 is 10.3. The van der Waals surface area contributed by atoms with Gasteiger partial charge in [0.25, 0.3) is 5.91 Å². The van der Waals surface area contributed by atoms with Gasteiger partial charge in [-0.25, -0.2) is 4.79 Å². The van der Waals surface area contributed by atoms with Crippen LogP contribution in [0.15, 0.2) is 78.9 Å². The van der Waals surface area contributed by atoms with Gasteiger partial charge in [0.15, 0.2) is 6.10 Å². The Morgan fingerprint density at radius 1 is 0.800 bits per heavy atom. The first-order chi connectivity index (χ1) is 14.4. The molecule has 6 heteroatoms. The molecule has 0 radical (unpaired) electrons. The molecule has 0 unspecified atom stereocenters. The lowest BCUT2D eigenvalue weighted by Crippen LogP contribution is -2.29. The highest BCUT2D eigenvalue weighted by atomic mass is 16.5. The number of anilines is 1. The minimum Gasteiger partial charge on any atom is -0.449 e. The molecule has 3 aromatic rings. The fraction of sp³-hybridized carbons (Fsp3) is 0.125. The van der Waals surface area contributed by atoms with Crippen molar-refractivity contribution in [1.29, 1.82) is 0 Å². The molecule has 0 bridgehead atoms. The number of rotatable bonds is 6. The summed E-state index contributed by atoms with van der Waals surface area (Å²) in [5.74, 6) is -0.895. The van der Waals surface area contributed by atoms with Crippen LogP contribution in [0.5, 0.6) is 5.75 Å². The summed E-state index contributed by atoms with van der Waals surface area (Å²) in [5, 5.41) is 2.70. The second kappa shape index (κ2) is 9.52. The van der Waals surface area contributed by atoms with Gasteiger partial charge in [0.1, 0.15) is 5.75 Å². The monoisotopic (exact) mass is 403 g/mol. The van der Waals surface area contributed by atoms with Crippen molar-refractivity contribution in [3.8, 4) is 16.9 Å². The molecule has 3 rings (SSSR count). The summed E-state index contributed by atoms with van der Waals surface area (Å²) in [4.78, 5) is 35.5. The van der Waals surface area contributed by atoms with Crippen molar-refractivity contribution in [2.24, 2.45) is 0 Å². The molecule has 0 fully saturated rings. The maximum Gasteiger partial charge on any atom is 0.338 e. The van der Waals surface area contributed by atoms with Crippen molar-refractivity contribution < 1.29 is 23.9 Å². The molecule has 0 aliphatic rings. The molecule has 1 N–H and O–H groups in total. The van der Waals surface area contributed by atoms with E-state index in [1.165, 1.54) is 13.8 Å². The SMILES string of the molecule is CC(=O)Oc1ccc(-c2ccc(C(=O)O[C@@H](C)C(=O)Nc3ccccc3)cc2)cc1. The second-order valence-electron chi connectivity index (χ2n) is 6.60. The minimum absolute atomic E-state index is 0.342. The van der Waals surface area contributed by atoms with Crippen molar-refractivity contribution in [2.75, 3.05) is 5.32 Å². The van der Waals surface area contributed by atoms with Gasteiger partial charge in [0, 0.05) is 12.6 Å². The summed E-state index contributed by atoms with van der Waals surface area (Å²) in [7, 11) is 0. The van der Waals surface area contributed by atoms with Gasteiger partial charge in [-0.2, -0.15) is 0 Å². The van der Waals surface area contributed by atoms with Gasteiger partial charge >= 0.3 is 11.9 Å². The van der Waals surface area contributed by atoms with Crippen LogP contribution in [0, 0.1) is 0 Å². The third kappa shape index (κ3) is 5.54. The van der Waals surface area contributed by atoms with Gasteiger partial charge in [-0.3, -0.25) is 9.59 Å². The van der Waals surface area contributed by atoms with Crippen LogP contribution in [0.3, 0.4) is 0 Å². The lowest BCUT2D eigenvalue weighted by molar-refractivity contribution is -0.131. The zero-order chi connectivity index (χ0) is 21.5.